The molecular weight excluding hydrogens is 264 g/mol. The van der Waals surface area contributed by atoms with Gasteiger partial charge in [-0.25, -0.2) is 8.42 Å². The highest BCUT2D eigenvalue weighted by Gasteiger charge is 2.31. The number of sulfone groups is 1. The van der Waals surface area contributed by atoms with E-state index in [1.807, 2.05) is 0 Å². The smallest absolute Gasteiger partial charge is 0.158 e. The lowest BCUT2D eigenvalue weighted by atomic mass is 10.1. The summed E-state index contributed by atoms with van der Waals surface area (Å²) in [5.74, 6) is -0.129. The molecule has 0 heterocycles. The lowest BCUT2D eigenvalue weighted by Gasteiger charge is -2.20. The maximum Gasteiger partial charge on any atom is 0.158 e. The Morgan fingerprint density at radius 2 is 2.06 bits per heavy atom. The molecule has 0 spiro atoms. The van der Waals surface area contributed by atoms with E-state index in [-0.39, 0.29) is 5.75 Å². The largest absolute Gasteiger partial charge is 0.395 e. The lowest BCUT2D eigenvalue weighted by Crippen LogP contribution is -2.33. The Morgan fingerprint density at radius 1 is 1.41 bits per heavy atom. The average molecular weight is 279 g/mol. The molecule has 2 unspecified atom stereocenters. The van der Waals surface area contributed by atoms with E-state index < -0.39 is 27.8 Å². The highest BCUT2D eigenvalue weighted by atomic mass is 35.5. The van der Waals surface area contributed by atoms with Crippen LogP contribution in [0.3, 0.4) is 0 Å². The number of rotatable bonds is 5. The maximum atomic E-state index is 11.7. The molecule has 0 saturated heterocycles. The molecule has 6 heteroatoms. The molecule has 1 rings (SSSR count). The topological polar surface area (TPSA) is 74.6 Å². The second-order valence-corrected chi connectivity index (χ2v) is 6.62. The molecule has 4 nitrogen and oxygen atoms in total. The molecule has 2 atom stereocenters. The Bertz CT molecular complexity index is 472. The normalized spacial score (nSPS) is 15.5. The van der Waals surface area contributed by atoms with Gasteiger partial charge >= 0.3 is 0 Å². The predicted molar refractivity (Wildman–Crippen MR) is 66.7 cm³/mol. The van der Waals surface area contributed by atoms with Crippen LogP contribution < -0.4 is 0 Å². The van der Waals surface area contributed by atoms with Crippen LogP contribution in [0.1, 0.15) is 18.6 Å². The quantitative estimate of drug-likeness (QED) is 0.848. The van der Waals surface area contributed by atoms with E-state index in [9.17, 15) is 13.5 Å². The van der Waals surface area contributed by atoms with Crippen LogP contribution >= 0.6 is 11.6 Å². The molecule has 0 radical (unpaired) electrons. The summed E-state index contributed by atoms with van der Waals surface area (Å²) >= 11 is 5.76. The van der Waals surface area contributed by atoms with Gasteiger partial charge in [0.25, 0.3) is 0 Å². The third-order valence-corrected chi connectivity index (χ3v) is 4.96. The van der Waals surface area contributed by atoms with Crippen LogP contribution in [0.4, 0.5) is 0 Å². The summed E-state index contributed by atoms with van der Waals surface area (Å²) in [4.78, 5) is 0. The third kappa shape index (κ3) is 3.42. The van der Waals surface area contributed by atoms with Crippen molar-refractivity contribution in [3.05, 3.63) is 34.9 Å². The van der Waals surface area contributed by atoms with E-state index >= 15 is 0 Å². The zero-order chi connectivity index (χ0) is 13.1. The summed E-state index contributed by atoms with van der Waals surface area (Å²) in [7, 11) is -3.51. The van der Waals surface area contributed by atoms with Gasteiger partial charge in [-0.05, 0) is 17.7 Å². The molecule has 0 saturated carbocycles. The zero-order valence-corrected chi connectivity index (χ0v) is 10.9. The number of halogens is 1. The van der Waals surface area contributed by atoms with E-state index in [4.69, 9.17) is 16.7 Å². The van der Waals surface area contributed by atoms with E-state index in [2.05, 4.69) is 0 Å². The lowest BCUT2D eigenvalue weighted by molar-refractivity contribution is 0.138. The summed E-state index contributed by atoms with van der Waals surface area (Å²) in [6.45, 7) is 0.854. The highest BCUT2D eigenvalue weighted by molar-refractivity contribution is 7.92. The molecule has 0 amide bonds. The van der Waals surface area contributed by atoms with Gasteiger partial charge in [0.05, 0.1) is 12.7 Å². The second kappa shape index (κ2) is 5.82. The minimum absolute atomic E-state index is 0.129. The Morgan fingerprint density at radius 3 is 2.53 bits per heavy atom. The van der Waals surface area contributed by atoms with Crippen molar-refractivity contribution in [3.8, 4) is 0 Å². The van der Waals surface area contributed by atoms with Crippen LogP contribution in [0.5, 0.6) is 0 Å². The third-order valence-electron chi connectivity index (χ3n) is 2.59. The minimum atomic E-state index is -3.51. The van der Waals surface area contributed by atoms with Crippen LogP contribution in [0.25, 0.3) is 0 Å². The Kier molecular flexibility index (Phi) is 4.94. The first-order chi connectivity index (χ1) is 7.92. The van der Waals surface area contributed by atoms with Gasteiger partial charge in [-0.15, -0.1) is 0 Å². The first-order valence-electron chi connectivity index (χ1n) is 5.18. The van der Waals surface area contributed by atoms with Crippen LogP contribution in [0.15, 0.2) is 24.3 Å². The molecule has 2 N–H and O–H groups in total. The first kappa shape index (κ1) is 14.4. The highest BCUT2D eigenvalue weighted by Crippen LogP contribution is 2.24. The van der Waals surface area contributed by atoms with Crippen molar-refractivity contribution in [2.24, 2.45) is 0 Å². The molecular formula is C11H15ClO4S. The number of aliphatic hydroxyl groups is 2. The summed E-state index contributed by atoms with van der Waals surface area (Å²) < 4.78 is 23.4. The number of hydrogen-bond acceptors (Lipinski definition) is 4. The molecule has 0 aromatic heterocycles. The first-order valence-corrected chi connectivity index (χ1v) is 7.27. The van der Waals surface area contributed by atoms with E-state index in [1.165, 1.54) is 13.0 Å². The van der Waals surface area contributed by atoms with E-state index in [0.29, 0.717) is 10.6 Å². The van der Waals surface area contributed by atoms with Crippen molar-refractivity contribution in [1.29, 1.82) is 0 Å². The van der Waals surface area contributed by atoms with Crippen molar-refractivity contribution in [1.82, 2.24) is 0 Å². The van der Waals surface area contributed by atoms with Crippen LogP contribution in [0.2, 0.25) is 5.02 Å². The van der Waals surface area contributed by atoms with Crippen molar-refractivity contribution < 1.29 is 18.6 Å². The molecule has 0 aliphatic heterocycles. The summed E-state index contributed by atoms with van der Waals surface area (Å²) in [6, 6.07) is 6.30. The van der Waals surface area contributed by atoms with Gasteiger partial charge in [-0.2, -0.15) is 0 Å². The fraction of sp³-hybridized carbons (Fsp3) is 0.455. The molecule has 1 aromatic carbocycles. The molecule has 0 aliphatic rings. The van der Waals surface area contributed by atoms with Crippen molar-refractivity contribution in [2.75, 3.05) is 12.4 Å². The van der Waals surface area contributed by atoms with Gasteiger partial charge < -0.3 is 10.2 Å². The second-order valence-electron chi connectivity index (χ2n) is 3.67. The summed E-state index contributed by atoms with van der Waals surface area (Å²) in [6.07, 6.45) is -1.27. The number of hydrogen-bond donors (Lipinski definition) is 2. The van der Waals surface area contributed by atoms with Crippen LogP contribution in [-0.4, -0.2) is 36.2 Å². The number of benzene rings is 1. The SMILES string of the molecule is CCS(=O)(=O)C(CO)C(O)c1cccc(Cl)c1. The van der Waals surface area contributed by atoms with Gasteiger partial charge in [-0.3, -0.25) is 0 Å². The van der Waals surface area contributed by atoms with Crippen LogP contribution in [0, 0.1) is 0 Å². The molecule has 0 fully saturated rings. The van der Waals surface area contributed by atoms with Gasteiger partial charge in [0, 0.05) is 10.8 Å². The van der Waals surface area contributed by atoms with E-state index in [0.717, 1.165) is 0 Å². The molecule has 1 aromatic rings. The van der Waals surface area contributed by atoms with Gasteiger partial charge in [0.1, 0.15) is 5.25 Å². The van der Waals surface area contributed by atoms with Crippen molar-refractivity contribution >= 4 is 21.4 Å². The fourth-order valence-electron chi connectivity index (χ4n) is 1.53. The standard InChI is InChI=1S/C11H15ClO4S/c1-2-17(15,16)10(7-13)11(14)8-4-3-5-9(12)6-8/h3-6,10-11,13-14H,2,7H2,1H3. The van der Waals surface area contributed by atoms with Crippen molar-refractivity contribution in [3.63, 3.8) is 0 Å². The molecule has 0 bridgehead atoms. The zero-order valence-electron chi connectivity index (χ0n) is 9.38. The van der Waals surface area contributed by atoms with E-state index in [1.54, 1.807) is 18.2 Å². The van der Waals surface area contributed by atoms with Gasteiger partial charge in [0.15, 0.2) is 9.84 Å². The summed E-state index contributed by atoms with van der Waals surface area (Å²) in [5.41, 5.74) is 0.383. The minimum Gasteiger partial charge on any atom is -0.395 e. The van der Waals surface area contributed by atoms with Crippen molar-refractivity contribution in [2.45, 2.75) is 18.3 Å². The summed E-state index contributed by atoms with van der Waals surface area (Å²) in [5, 5.41) is 18.3. The average Bonchev–Trinajstić information content (AvgIpc) is 2.29. The Hall–Kier alpha value is -0.620. The predicted octanol–water partition coefficient (Wildman–Crippen LogP) is 1.17. The molecule has 0 aliphatic carbocycles. The molecule has 17 heavy (non-hydrogen) atoms. The Balaban J connectivity index is 3.06. The van der Waals surface area contributed by atoms with Gasteiger partial charge in [0.2, 0.25) is 0 Å². The molecule has 96 valence electrons. The van der Waals surface area contributed by atoms with Gasteiger partial charge in [-0.1, -0.05) is 30.7 Å². The maximum absolute atomic E-state index is 11.7. The monoisotopic (exact) mass is 278 g/mol. The Labute approximate surface area is 106 Å². The van der Waals surface area contributed by atoms with Crippen LogP contribution in [-0.2, 0) is 9.84 Å². The fourth-order valence-corrected chi connectivity index (χ4v) is 2.93. The number of aliphatic hydroxyl groups excluding tert-OH is 2.